The number of H-pyrrole nitrogens is 2. The molecule has 0 amide bonds. The summed E-state index contributed by atoms with van der Waals surface area (Å²) in [6, 6.07) is 52.8. The number of ketones is 1. The standard InChI is InChI=1S/C43H28N4O/c48-41-35-25-31(39-37(27-13-5-1-6-14-27)44-42(46-39)29-17-9-3-10-18-29)21-23-33(35)34-24-22-32(26-36(34)41)40-38(28-15-7-2-8-16-28)45-43(47-40)30-19-11-4-12-20-30/h1-26H,(H,44,46)(H,45,47). The van der Waals surface area contributed by atoms with Gasteiger partial charge in [0.2, 0.25) is 0 Å². The first-order valence-electron chi connectivity index (χ1n) is 16.0. The number of nitrogens with one attached hydrogen (secondary N) is 2. The van der Waals surface area contributed by atoms with Gasteiger partial charge in [0.15, 0.2) is 5.78 Å². The van der Waals surface area contributed by atoms with E-state index in [2.05, 4.69) is 58.5 Å². The Balaban J connectivity index is 1.13. The molecule has 8 aromatic rings. The van der Waals surface area contributed by atoms with E-state index in [1.165, 1.54) is 0 Å². The Bertz CT molecular complexity index is 2270. The van der Waals surface area contributed by atoms with Gasteiger partial charge in [-0.05, 0) is 23.3 Å². The Hall–Kier alpha value is -6.59. The van der Waals surface area contributed by atoms with Crippen molar-refractivity contribution < 1.29 is 4.79 Å². The minimum Gasteiger partial charge on any atom is -0.337 e. The van der Waals surface area contributed by atoms with Gasteiger partial charge in [0.05, 0.1) is 22.8 Å². The minimum absolute atomic E-state index is 0.00357. The monoisotopic (exact) mass is 616 g/mol. The first kappa shape index (κ1) is 27.7. The molecule has 0 saturated carbocycles. The van der Waals surface area contributed by atoms with E-state index in [1.54, 1.807) is 0 Å². The Morgan fingerprint density at radius 1 is 0.354 bits per heavy atom. The fourth-order valence-corrected chi connectivity index (χ4v) is 6.63. The zero-order chi connectivity index (χ0) is 32.0. The van der Waals surface area contributed by atoms with Crippen LogP contribution in [0.25, 0.3) is 78.9 Å². The zero-order valence-electron chi connectivity index (χ0n) is 25.8. The molecule has 2 heterocycles. The lowest BCUT2D eigenvalue weighted by atomic mass is 9.98. The number of rotatable bonds is 6. The molecule has 0 bridgehead atoms. The highest BCUT2D eigenvalue weighted by Gasteiger charge is 2.29. The number of hydrogen-bond donors (Lipinski definition) is 2. The zero-order valence-corrected chi connectivity index (χ0v) is 25.8. The molecule has 6 aromatic carbocycles. The van der Waals surface area contributed by atoms with E-state index in [1.807, 2.05) is 109 Å². The van der Waals surface area contributed by atoms with Crippen LogP contribution in [0.4, 0.5) is 0 Å². The summed E-state index contributed by atoms with van der Waals surface area (Å²) >= 11 is 0. The Kier molecular flexibility index (Phi) is 6.54. The van der Waals surface area contributed by atoms with Gasteiger partial charge in [-0.25, -0.2) is 9.97 Å². The van der Waals surface area contributed by atoms with Crippen LogP contribution in [0.15, 0.2) is 158 Å². The SMILES string of the molecule is O=C1c2cc(-c3nc(-c4ccccc4)[nH]c3-c3ccccc3)ccc2-c2ccc(-c3nc(-c4ccccc4)[nH]c3-c3ccccc3)cc21. The fraction of sp³-hybridized carbons (Fsp3) is 0. The number of nitrogens with zero attached hydrogens (tertiary/aromatic N) is 2. The van der Waals surface area contributed by atoms with Gasteiger partial charge < -0.3 is 9.97 Å². The van der Waals surface area contributed by atoms with E-state index in [4.69, 9.17) is 9.97 Å². The van der Waals surface area contributed by atoms with Gasteiger partial charge in [-0.15, -0.1) is 0 Å². The molecule has 1 aliphatic rings. The molecule has 5 heteroatoms. The number of benzene rings is 6. The average Bonchev–Trinajstić information content (AvgIpc) is 3.88. The van der Waals surface area contributed by atoms with Gasteiger partial charge in [-0.2, -0.15) is 0 Å². The van der Waals surface area contributed by atoms with Crippen LogP contribution >= 0.6 is 0 Å². The molecule has 0 atom stereocenters. The van der Waals surface area contributed by atoms with Gasteiger partial charge in [-0.1, -0.05) is 146 Å². The number of carbonyl (C=O) groups excluding carboxylic acids is 1. The van der Waals surface area contributed by atoms with E-state index in [0.717, 1.165) is 78.9 Å². The van der Waals surface area contributed by atoms with Crippen molar-refractivity contribution in [3.8, 4) is 78.9 Å². The second kappa shape index (κ2) is 11.3. The van der Waals surface area contributed by atoms with E-state index >= 15 is 0 Å². The summed E-state index contributed by atoms with van der Waals surface area (Å²) in [5, 5.41) is 0. The molecule has 48 heavy (non-hydrogen) atoms. The van der Waals surface area contributed by atoms with Crippen molar-refractivity contribution in [3.63, 3.8) is 0 Å². The first-order chi connectivity index (χ1) is 23.7. The normalized spacial score (nSPS) is 11.8. The molecular formula is C43H28N4O. The number of carbonyl (C=O) groups is 1. The van der Waals surface area contributed by atoms with Crippen LogP contribution < -0.4 is 0 Å². The molecule has 5 nitrogen and oxygen atoms in total. The quantitative estimate of drug-likeness (QED) is 0.195. The van der Waals surface area contributed by atoms with Crippen LogP contribution in [0.5, 0.6) is 0 Å². The summed E-state index contributed by atoms with van der Waals surface area (Å²) < 4.78 is 0. The van der Waals surface area contributed by atoms with Crippen LogP contribution in [-0.4, -0.2) is 25.7 Å². The lowest BCUT2D eigenvalue weighted by molar-refractivity contribution is 0.104. The highest BCUT2D eigenvalue weighted by molar-refractivity contribution is 6.22. The highest BCUT2D eigenvalue weighted by Crippen LogP contribution is 2.43. The van der Waals surface area contributed by atoms with Gasteiger partial charge in [0.25, 0.3) is 0 Å². The Morgan fingerprint density at radius 3 is 1.08 bits per heavy atom. The topological polar surface area (TPSA) is 74.4 Å². The molecule has 0 unspecified atom stereocenters. The number of hydrogen-bond acceptors (Lipinski definition) is 3. The van der Waals surface area contributed by atoms with Gasteiger partial charge in [0.1, 0.15) is 11.6 Å². The first-order valence-corrected chi connectivity index (χ1v) is 16.0. The molecule has 226 valence electrons. The maximum atomic E-state index is 14.2. The molecule has 2 aromatic heterocycles. The Morgan fingerprint density at radius 2 is 0.708 bits per heavy atom. The lowest BCUT2D eigenvalue weighted by Crippen LogP contribution is -1.96. The predicted molar refractivity (Wildman–Crippen MR) is 192 cm³/mol. The van der Waals surface area contributed by atoms with Gasteiger partial charge in [0, 0.05) is 44.5 Å². The number of fused-ring (bicyclic) bond motifs is 3. The summed E-state index contributed by atoms with van der Waals surface area (Å²) in [5.41, 5.74) is 12.5. The van der Waals surface area contributed by atoms with Crippen molar-refractivity contribution in [2.45, 2.75) is 0 Å². The van der Waals surface area contributed by atoms with E-state index in [-0.39, 0.29) is 5.78 Å². The molecule has 9 rings (SSSR count). The van der Waals surface area contributed by atoms with Crippen molar-refractivity contribution in [2.75, 3.05) is 0 Å². The molecular weight excluding hydrogens is 589 g/mol. The molecule has 0 saturated heterocycles. The van der Waals surface area contributed by atoms with Crippen LogP contribution in [0.3, 0.4) is 0 Å². The highest BCUT2D eigenvalue weighted by atomic mass is 16.1. The van der Waals surface area contributed by atoms with Crippen LogP contribution in [0, 0.1) is 0 Å². The number of aromatic amines is 2. The summed E-state index contributed by atoms with van der Waals surface area (Å²) in [6.45, 7) is 0. The third-order valence-electron chi connectivity index (χ3n) is 8.99. The summed E-state index contributed by atoms with van der Waals surface area (Å²) in [6.07, 6.45) is 0. The molecule has 1 aliphatic carbocycles. The van der Waals surface area contributed by atoms with E-state index in [0.29, 0.717) is 11.1 Å². The van der Waals surface area contributed by atoms with Crippen LogP contribution in [0.2, 0.25) is 0 Å². The smallest absolute Gasteiger partial charge is 0.194 e. The summed E-state index contributed by atoms with van der Waals surface area (Å²) in [5.74, 6) is 1.57. The molecule has 0 radical (unpaired) electrons. The van der Waals surface area contributed by atoms with E-state index in [9.17, 15) is 4.79 Å². The third-order valence-corrected chi connectivity index (χ3v) is 8.99. The molecule has 0 spiro atoms. The van der Waals surface area contributed by atoms with Crippen molar-refractivity contribution in [2.24, 2.45) is 0 Å². The predicted octanol–water partition coefficient (Wildman–Crippen LogP) is 10.3. The van der Waals surface area contributed by atoms with Gasteiger partial charge in [-0.3, -0.25) is 4.79 Å². The lowest BCUT2D eigenvalue weighted by Gasteiger charge is -2.06. The molecule has 0 fully saturated rings. The third kappa shape index (κ3) is 4.68. The summed E-state index contributed by atoms with van der Waals surface area (Å²) in [4.78, 5) is 31.4. The van der Waals surface area contributed by atoms with Crippen LogP contribution in [-0.2, 0) is 0 Å². The Labute approximate surface area is 277 Å². The van der Waals surface area contributed by atoms with Crippen molar-refractivity contribution in [3.05, 3.63) is 169 Å². The summed E-state index contributed by atoms with van der Waals surface area (Å²) in [7, 11) is 0. The van der Waals surface area contributed by atoms with Crippen molar-refractivity contribution >= 4 is 5.78 Å². The largest absolute Gasteiger partial charge is 0.337 e. The minimum atomic E-state index is 0.00357. The van der Waals surface area contributed by atoms with E-state index < -0.39 is 0 Å². The average molecular weight is 617 g/mol. The second-order valence-corrected chi connectivity index (χ2v) is 11.9. The van der Waals surface area contributed by atoms with Crippen LogP contribution in [0.1, 0.15) is 15.9 Å². The number of imidazole rings is 2. The maximum Gasteiger partial charge on any atom is 0.194 e. The number of aromatic nitrogens is 4. The fourth-order valence-electron chi connectivity index (χ4n) is 6.63. The molecule has 2 N–H and O–H groups in total. The maximum absolute atomic E-state index is 14.2. The van der Waals surface area contributed by atoms with Crippen molar-refractivity contribution in [1.82, 2.24) is 19.9 Å². The van der Waals surface area contributed by atoms with Gasteiger partial charge >= 0.3 is 0 Å². The molecule has 0 aliphatic heterocycles. The van der Waals surface area contributed by atoms with Crippen molar-refractivity contribution in [1.29, 1.82) is 0 Å². The second-order valence-electron chi connectivity index (χ2n) is 11.9.